The molecule has 0 aromatic heterocycles. The van der Waals surface area contributed by atoms with Gasteiger partial charge in [-0.2, -0.15) is 0 Å². The summed E-state index contributed by atoms with van der Waals surface area (Å²) in [6, 6.07) is 20.7. The lowest BCUT2D eigenvalue weighted by Crippen LogP contribution is -2.42. The van der Waals surface area contributed by atoms with Crippen molar-refractivity contribution in [3.05, 3.63) is 60.2 Å². The van der Waals surface area contributed by atoms with Crippen LogP contribution in [0.15, 0.2) is 54.6 Å². The minimum Gasteiger partial charge on any atom is -0.366 e. The van der Waals surface area contributed by atoms with Gasteiger partial charge in [0.05, 0.1) is 18.0 Å². The van der Waals surface area contributed by atoms with Crippen molar-refractivity contribution in [3.63, 3.8) is 0 Å². The molecule has 1 aliphatic heterocycles. The van der Waals surface area contributed by atoms with E-state index in [4.69, 9.17) is 0 Å². The lowest BCUT2D eigenvalue weighted by atomic mass is 9.90. The van der Waals surface area contributed by atoms with Gasteiger partial charge in [-0.1, -0.05) is 42.5 Å². The van der Waals surface area contributed by atoms with Crippen LogP contribution in [0.3, 0.4) is 0 Å². The number of anilines is 2. The number of para-hydroxylation sites is 2. The predicted octanol–water partition coefficient (Wildman–Crippen LogP) is 3.98. The molecule has 0 unspecified atom stereocenters. The third-order valence-electron chi connectivity index (χ3n) is 5.23. The molecule has 0 bridgehead atoms. The highest BCUT2D eigenvalue weighted by Crippen LogP contribution is 2.36. The van der Waals surface area contributed by atoms with E-state index in [1.54, 1.807) is 0 Å². The maximum absolute atomic E-state index is 3.73. The summed E-state index contributed by atoms with van der Waals surface area (Å²) in [7, 11) is 0. The quantitative estimate of drug-likeness (QED) is 0.895. The average molecular weight is 307 g/mol. The van der Waals surface area contributed by atoms with Crippen LogP contribution in [0, 0.1) is 0 Å². The SMILES string of the molecule is c1ccc(CNC2CCC(N3CNc4ccccc43)CC2)cc1. The zero-order valence-corrected chi connectivity index (χ0v) is 13.5. The fourth-order valence-corrected chi connectivity index (χ4v) is 3.90. The molecule has 0 atom stereocenters. The maximum atomic E-state index is 3.73. The Morgan fingerprint density at radius 3 is 2.48 bits per heavy atom. The highest BCUT2D eigenvalue weighted by atomic mass is 15.3. The van der Waals surface area contributed by atoms with E-state index < -0.39 is 0 Å². The van der Waals surface area contributed by atoms with Gasteiger partial charge < -0.3 is 15.5 Å². The topological polar surface area (TPSA) is 27.3 Å². The van der Waals surface area contributed by atoms with Crippen LogP contribution in [0.2, 0.25) is 0 Å². The highest BCUT2D eigenvalue weighted by molar-refractivity contribution is 5.74. The summed E-state index contributed by atoms with van der Waals surface area (Å²) in [6.45, 7) is 1.95. The Kier molecular flexibility index (Phi) is 4.20. The lowest BCUT2D eigenvalue weighted by Gasteiger charge is -2.36. The molecule has 2 aromatic rings. The first-order valence-corrected chi connectivity index (χ1v) is 8.77. The number of hydrogen-bond acceptors (Lipinski definition) is 3. The first-order valence-electron chi connectivity index (χ1n) is 8.77. The molecular formula is C20H25N3. The van der Waals surface area contributed by atoms with Gasteiger partial charge in [0.2, 0.25) is 0 Å². The molecule has 1 heterocycles. The van der Waals surface area contributed by atoms with Crippen LogP contribution in [0.25, 0.3) is 0 Å². The second-order valence-electron chi connectivity index (χ2n) is 6.69. The van der Waals surface area contributed by atoms with Crippen molar-refractivity contribution in [2.75, 3.05) is 16.9 Å². The summed E-state index contributed by atoms with van der Waals surface area (Å²) in [4.78, 5) is 2.56. The Bertz CT molecular complexity index is 632. The normalized spacial score (nSPS) is 23.4. The van der Waals surface area contributed by atoms with Gasteiger partial charge in [0, 0.05) is 18.6 Å². The van der Waals surface area contributed by atoms with E-state index in [1.165, 1.54) is 42.6 Å². The molecule has 3 heteroatoms. The molecule has 2 aliphatic rings. The average Bonchev–Trinajstić information content (AvgIpc) is 3.05. The number of hydrogen-bond donors (Lipinski definition) is 2. The zero-order valence-electron chi connectivity index (χ0n) is 13.5. The summed E-state index contributed by atoms with van der Waals surface area (Å²) in [5.74, 6) is 0. The zero-order chi connectivity index (χ0) is 15.5. The van der Waals surface area contributed by atoms with E-state index in [9.17, 15) is 0 Å². The van der Waals surface area contributed by atoms with Gasteiger partial charge in [-0.15, -0.1) is 0 Å². The molecule has 23 heavy (non-hydrogen) atoms. The van der Waals surface area contributed by atoms with Crippen molar-refractivity contribution >= 4 is 11.4 Å². The molecule has 0 spiro atoms. The van der Waals surface area contributed by atoms with Crippen molar-refractivity contribution in [2.24, 2.45) is 0 Å². The number of rotatable bonds is 4. The van der Waals surface area contributed by atoms with Crippen LogP contribution in [-0.4, -0.2) is 18.8 Å². The summed E-state index contributed by atoms with van der Waals surface area (Å²) >= 11 is 0. The molecule has 1 aliphatic carbocycles. The van der Waals surface area contributed by atoms with Gasteiger partial charge in [0.25, 0.3) is 0 Å². The van der Waals surface area contributed by atoms with E-state index in [2.05, 4.69) is 70.1 Å². The van der Waals surface area contributed by atoms with E-state index in [-0.39, 0.29) is 0 Å². The maximum Gasteiger partial charge on any atom is 0.0880 e. The Labute approximate surface area is 138 Å². The third-order valence-corrected chi connectivity index (χ3v) is 5.23. The molecule has 120 valence electrons. The molecular weight excluding hydrogens is 282 g/mol. The van der Waals surface area contributed by atoms with E-state index in [0.717, 1.165) is 13.2 Å². The molecule has 3 nitrogen and oxygen atoms in total. The van der Waals surface area contributed by atoms with Crippen molar-refractivity contribution in [3.8, 4) is 0 Å². The smallest absolute Gasteiger partial charge is 0.0880 e. The largest absolute Gasteiger partial charge is 0.366 e. The van der Waals surface area contributed by atoms with Crippen molar-refractivity contribution < 1.29 is 0 Å². The number of nitrogens with one attached hydrogen (secondary N) is 2. The highest BCUT2D eigenvalue weighted by Gasteiger charge is 2.29. The van der Waals surface area contributed by atoms with Crippen LogP contribution < -0.4 is 15.5 Å². The number of nitrogens with zero attached hydrogens (tertiary/aromatic N) is 1. The molecule has 1 fully saturated rings. The van der Waals surface area contributed by atoms with Crippen molar-refractivity contribution in [1.29, 1.82) is 0 Å². The van der Waals surface area contributed by atoms with E-state index >= 15 is 0 Å². The van der Waals surface area contributed by atoms with Crippen molar-refractivity contribution in [1.82, 2.24) is 5.32 Å². The van der Waals surface area contributed by atoms with Crippen LogP contribution in [0.5, 0.6) is 0 Å². The Morgan fingerprint density at radius 1 is 0.913 bits per heavy atom. The minimum absolute atomic E-state index is 0.664. The van der Waals surface area contributed by atoms with Crippen LogP contribution in [0.4, 0.5) is 11.4 Å². The van der Waals surface area contributed by atoms with Crippen LogP contribution in [-0.2, 0) is 6.54 Å². The summed E-state index contributed by atoms with van der Waals surface area (Å²) in [6.07, 6.45) is 5.11. The fourth-order valence-electron chi connectivity index (χ4n) is 3.90. The Balaban J connectivity index is 1.30. The first kappa shape index (κ1) is 14.6. The van der Waals surface area contributed by atoms with Crippen molar-refractivity contribution in [2.45, 2.75) is 44.3 Å². The van der Waals surface area contributed by atoms with Gasteiger partial charge in [-0.3, -0.25) is 0 Å². The van der Waals surface area contributed by atoms with Gasteiger partial charge in [-0.05, 0) is 43.4 Å². The molecule has 2 aromatic carbocycles. The first-order chi connectivity index (χ1) is 11.4. The lowest BCUT2D eigenvalue weighted by molar-refractivity contribution is 0.333. The Hall–Kier alpha value is -2.00. The molecule has 0 saturated heterocycles. The molecule has 0 radical (unpaired) electrons. The van der Waals surface area contributed by atoms with Gasteiger partial charge in [-0.25, -0.2) is 0 Å². The monoisotopic (exact) mass is 307 g/mol. The summed E-state index contributed by atoms with van der Waals surface area (Å²) in [5, 5.41) is 7.25. The minimum atomic E-state index is 0.664. The molecule has 0 amide bonds. The van der Waals surface area contributed by atoms with Gasteiger partial charge in [0.1, 0.15) is 0 Å². The standard InChI is InChI=1S/C20H25N3/c1-2-6-16(7-3-1)14-21-17-10-12-18(13-11-17)23-15-22-19-8-4-5-9-20(19)23/h1-9,17-18,21-22H,10-15H2. The second kappa shape index (κ2) is 6.63. The van der Waals surface area contributed by atoms with E-state index in [1.807, 2.05) is 0 Å². The molecule has 2 N–H and O–H groups in total. The second-order valence-corrected chi connectivity index (χ2v) is 6.69. The van der Waals surface area contributed by atoms with Gasteiger partial charge >= 0.3 is 0 Å². The summed E-state index contributed by atoms with van der Waals surface area (Å²) in [5.41, 5.74) is 4.05. The summed E-state index contributed by atoms with van der Waals surface area (Å²) < 4.78 is 0. The predicted molar refractivity (Wildman–Crippen MR) is 96.7 cm³/mol. The van der Waals surface area contributed by atoms with Crippen LogP contribution in [0.1, 0.15) is 31.2 Å². The Morgan fingerprint density at radius 2 is 1.65 bits per heavy atom. The third kappa shape index (κ3) is 3.20. The van der Waals surface area contributed by atoms with Gasteiger partial charge in [0.15, 0.2) is 0 Å². The molecule has 4 rings (SSSR count). The van der Waals surface area contributed by atoms with E-state index in [0.29, 0.717) is 12.1 Å². The fraction of sp³-hybridized carbons (Fsp3) is 0.400. The number of fused-ring (bicyclic) bond motifs is 1. The van der Waals surface area contributed by atoms with Crippen LogP contribution >= 0.6 is 0 Å². The number of benzene rings is 2. The molecule has 1 saturated carbocycles.